The lowest BCUT2D eigenvalue weighted by atomic mass is 9.96. The molecule has 23 heavy (non-hydrogen) atoms. The van der Waals surface area contributed by atoms with Crippen molar-refractivity contribution in [2.45, 2.75) is 19.5 Å². The van der Waals surface area contributed by atoms with Gasteiger partial charge in [-0.05, 0) is 6.08 Å². The summed E-state index contributed by atoms with van der Waals surface area (Å²) in [7, 11) is 0. The quantitative estimate of drug-likeness (QED) is 0.876. The summed E-state index contributed by atoms with van der Waals surface area (Å²) >= 11 is 0. The number of hydrogen-bond acceptors (Lipinski definition) is 4. The molecule has 0 saturated carbocycles. The van der Waals surface area contributed by atoms with Crippen molar-refractivity contribution < 1.29 is 22.4 Å². The van der Waals surface area contributed by atoms with E-state index < -0.39 is 12.1 Å². The highest BCUT2D eigenvalue weighted by Crippen LogP contribution is 2.36. The number of rotatable bonds is 2. The SMILES string of the molecule is CC(=O)NC1=CNCC=C1c1nc2c(o1)C=CC(C(F)(F)F)C2. The number of amides is 1. The lowest BCUT2D eigenvalue weighted by Gasteiger charge is -2.17. The van der Waals surface area contributed by atoms with Crippen LogP contribution in [0.25, 0.3) is 11.6 Å². The van der Waals surface area contributed by atoms with Gasteiger partial charge < -0.3 is 15.1 Å². The fraction of sp³-hybridized carbons (Fsp3) is 0.333. The Balaban J connectivity index is 1.88. The molecule has 1 amide bonds. The van der Waals surface area contributed by atoms with Crippen molar-refractivity contribution in [1.29, 1.82) is 0 Å². The summed E-state index contributed by atoms with van der Waals surface area (Å²) in [6, 6.07) is 0. The summed E-state index contributed by atoms with van der Waals surface area (Å²) in [6.45, 7) is 1.87. The molecule has 0 aromatic carbocycles. The summed E-state index contributed by atoms with van der Waals surface area (Å²) in [5, 5.41) is 5.58. The third-order valence-electron chi connectivity index (χ3n) is 3.54. The monoisotopic (exact) mass is 325 g/mol. The predicted molar refractivity (Wildman–Crippen MR) is 76.7 cm³/mol. The molecule has 0 saturated heterocycles. The third-order valence-corrected chi connectivity index (χ3v) is 3.54. The first-order chi connectivity index (χ1) is 10.8. The van der Waals surface area contributed by atoms with E-state index in [0.717, 1.165) is 6.08 Å². The molecule has 2 aliphatic rings. The Morgan fingerprint density at radius 1 is 1.48 bits per heavy atom. The molecule has 1 atom stereocenters. The summed E-state index contributed by atoms with van der Waals surface area (Å²) in [5.41, 5.74) is 1.29. The smallest absolute Gasteiger partial charge is 0.395 e. The molecule has 8 heteroatoms. The molecule has 1 aliphatic heterocycles. The van der Waals surface area contributed by atoms with Crippen molar-refractivity contribution in [3.8, 4) is 0 Å². The summed E-state index contributed by atoms with van der Waals surface area (Å²) in [4.78, 5) is 15.4. The van der Waals surface area contributed by atoms with Crippen molar-refractivity contribution in [2.24, 2.45) is 5.92 Å². The number of carbonyl (C=O) groups is 1. The zero-order valence-corrected chi connectivity index (χ0v) is 12.2. The van der Waals surface area contributed by atoms with Gasteiger partial charge in [0.2, 0.25) is 11.8 Å². The number of alkyl halides is 3. The number of halogens is 3. The fourth-order valence-electron chi connectivity index (χ4n) is 2.47. The number of allylic oxidation sites excluding steroid dienone is 2. The van der Waals surface area contributed by atoms with Crippen LogP contribution in [0.4, 0.5) is 13.2 Å². The molecule has 122 valence electrons. The Kier molecular flexibility index (Phi) is 3.75. The number of aromatic nitrogens is 1. The molecule has 1 unspecified atom stereocenters. The van der Waals surface area contributed by atoms with E-state index in [-0.39, 0.29) is 23.9 Å². The van der Waals surface area contributed by atoms with E-state index in [4.69, 9.17) is 4.42 Å². The Bertz CT molecular complexity index is 729. The molecule has 2 heterocycles. The number of dihydropyridines is 1. The van der Waals surface area contributed by atoms with Crippen LogP contribution in [-0.4, -0.2) is 23.6 Å². The van der Waals surface area contributed by atoms with Crippen LogP contribution in [0.1, 0.15) is 24.3 Å². The van der Waals surface area contributed by atoms with E-state index in [1.54, 1.807) is 12.3 Å². The molecule has 3 rings (SSSR count). The molecule has 1 aromatic heterocycles. The van der Waals surface area contributed by atoms with Crippen molar-refractivity contribution in [3.63, 3.8) is 0 Å². The zero-order valence-electron chi connectivity index (χ0n) is 12.2. The van der Waals surface area contributed by atoms with E-state index in [2.05, 4.69) is 15.6 Å². The average molecular weight is 325 g/mol. The van der Waals surface area contributed by atoms with Crippen molar-refractivity contribution >= 4 is 17.6 Å². The molecule has 1 aromatic rings. The van der Waals surface area contributed by atoms with Crippen LogP contribution in [0.15, 0.2) is 28.5 Å². The van der Waals surface area contributed by atoms with Gasteiger partial charge >= 0.3 is 6.18 Å². The minimum Gasteiger partial charge on any atom is -0.436 e. The van der Waals surface area contributed by atoms with Crippen molar-refractivity contribution in [1.82, 2.24) is 15.6 Å². The first kappa shape index (κ1) is 15.4. The van der Waals surface area contributed by atoms with Crippen LogP contribution in [-0.2, 0) is 11.2 Å². The lowest BCUT2D eigenvalue weighted by Crippen LogP contribution is -2.25. The second-order valence-corrected chi connectivity index (χ2v) is 5.31. The Labute approximate surface area is 130 Å². The van der Waals surface area contributed by atoms with Gasteiger partial charge in [0.1, 0.15) is 0 Å². The van der Waals surface area contributed by atoms with Gasteiger partial charge in [-0.25, -0.2) is 4.98 Å². The molecule has 0 bridgehead atoms. The Morgan fingerprint density at radius 3 is 2.96 bits per heavy atom. The van der Waals surface area contributed by atoms with E-state index >= 15 is 0 Å². The maximum atomic E-state index is 12.8. The topological polar surface area (TPSA) is 67.2 Å². The second kappa shape index (κ2) is 5.60. The molecule has 1 aliphatic carbocycles. The van der Waals surface area contributed by atoms with Crippen LogP contribution in [0.3, 0.4) is 0 Å². The summed E-state index contributed by atoms with van der Waals surface area (Å²) in [5.74, 6) is -1.30. The Hall–Kier alpha value is -2.51. The van der Waals surface area contributed by atoms with Crippen LogP contribution >= 0.6 is 0 Å². The molecule has 2 N–H and O–H groups in total. The minimum absolute atomic E-state index is 0.198. The first-order valence-electron chi connectivity index (χ1n) is 7.01. The number of fused-ring (bicyclic) bond motifs is 1. The molecule has 0 fully saturated rings. The Morgan fingerprint density at radius 2 is 2.26 bits per heavy atom. The van der Waals surface area contributed by atoms with E-state index in [1.165, 1.54) is 13.0 Å². The molecule has 0 radical (unpaired) electrons. The van der Waals surface area contributed by atoms with Gasteiger partial charge in [-0.2, -0.15) is 13.2 Å². The van der Waals surface area contributed by atoms with Gasteiger partial charge in [0.05, 0.1) is 22.9 Å². The van der Waals surface area contributed by atoms with E-state index in [0.29, 0.717) is 23.6 Å². The van der Waals surface area contributed by atoms with Gasteiger partial charge in [-0.15, -0.1) is 0 Å². The fourth-order valence-corrected chi connectivity index (χ4v) is 2.47. The maximum absolute atomic E-state index is 12.8. The van der Waals surface area contributed by atoms with Crippen molar-refractivity contribution in [3.05, 3.63) is 41.4 Å². The maximum Gasteiger partial charge on any atom is 0.395 e. The highest BCUT2D eigenvalue weighted by molar-refractivity contribution is 5.84. The molecule has 5 nitrogen and oxygen atoms in total. The second-order valence-electron chi connectivity index (χ2n) is 5.31. The lowest BCUT2D eigenvalue weighted by molar-refractivity contribution is -0.161. The molecular formula is C15H14F3N3O2. The minimum atomic E-state index is -4.30. The van der Waals surface area contributed by atoms with E-state index in [1.807, 2.05) is 0 Å². The van der Waals surface area contributed by atoms with Crippen LogP contribution < -0.4 is 10.6 Å². The van der Waals surface area contributed by atoms with Gasteiger partial charge in [0.25, 0.3) is 0 Å². The standard InChI is InChI=1S/C15H14F3N3O2/c1-8(22)20-12-7-19-5-4-10(12)14-21-11-6-9(15(16,17)18)2-3-13(11)23-14/h2-4,7,9,19H,5-6H2,1H3,(H,20,22). The predicted octanol–water partition coefficient (Wildman–Crippen LogP) is 2.39. The molecule has 0 spiro atoms. The van der Waals surface area contributed by atoms with Gasteiger partial charge in [-0.1, -0.05) is 12.2 Å². The van der Waals surface area contributed by atoms with Crippen LogP contribution in [0.5, 0.6) is 0 Å². The van der Waals surface area contributed by atoms with Crippen LogP contribution in [0.2, 0.25) is 0 Å². The van der Waals surface area contributed by atoms with Crippen molar-refractivity contribution in [2.75, 3.05) is 6.54 Å². The molecular weight excluding hydrogens is 311 g/mol. The zero-order chi connectivity index (χ0) is 16.6. The summed E-state index contributed by atoms with van der Waals surface area (Å²) in [6.07, 6.45) is 1.20. The largest absolute Gasteiger partial charge is 0.436 e. The van der Waals surface area contributed by atoms with Gasteiger partial charge in [-0.3, -0.25) is 4.79 Å². The normalized spacial score (nSPS) is 20.3. The average Bonchev–Trinajstić information content (AvgIpc) is 2.89. The first-order valence-corrected chi connectivity index (χ1v) is 7.01. The van der Waals surface area contributed by atoms with Gasteiger partial charge in [0.15, 0.2) is 5.76 Å². The van der Waals surface area contributed by atoms with Gasteiger partial charge in [0, 0.05) is 26.1 Å². The number of carbonyl (C=O) groups excluding carboxylic acids is 1. The van der Waals surface area contributed by atoms with Crippen LogP contribution in [0, 0.1) is 5.92 Å². The van der Waals surface area contributed by atoms with E-state index in [9.17, 15) is 18.0 Å². The number of nitrogens with one attached hydrogen (secondary N) is 2. The highest BCUT2D eigenvalue weighted by atomic mass is 19.4. The number of oxazole rings is 1. The highest BCUT2D eigenvalue weighted by Gasteiger charge is 2.40. The summed E-state index contributed by atoms with van der Waals surface area (Å²) < 4.78 is 44.0. The third kappa shape index (κ3) is 3.15. The number of hydrogen-bond donors (Lipinski definition) is 2. The number of nitrogens with zero attached hydrogens (tertiary/aromatic N) is 1.